The normalized spacial score (nSPS) is 16.2. The fraction of sp³-hybridized carbons (Fsp3) is 0.250. The lowest BCUT2D eigenvalue weighted by Crippen LogP contribution is -2.25. The van der Waals surface area contributed by atoms with Crippen molar-refractivity contribution < 1.29 is 19.1 Å². The monoisotopic (exact) mass is 350 g/mol. The summed E-state index contributed by atoms with van der Waals surface area (Å²) in [5.41, 5.74) is 2.53. The van der Waals surface area contributed by atoms with Crippen LogP contribution in [0.25, 0.3) is 0 Å². The number of cyclic esters (lactones) is 1. The number of carbonyl (C=O) groups is 2. The minimum Gasteiger partial charge on any atom is -0.441 e. The number of methoxy groups -OCH3 is 1. The molecule has 0 N–H and O–H groups in total. The lowest BCUT2D eigenvalue weighted by molar-refractivity contribution is 0.0718. The van der Waals surface area contributed by atoms with Gasteiger partial charge in [-0.2, -0.15) is 5.26 Å². The fourth-order valence-corrected chi connectivity index (χ4v) is 2.85. The van der Waals surface area contributed by atoms with E-state index in [0.717, 1.165) is 11.3 Å². The minimum atomic E-state index is -0.399. The van der Waals surface area contributed by atoms with Gasteiger partial charge < -0.3 is 9.47 Å². The predicted molar refractivity (Wildman–Crippen MR) is 95.1 cm³/mol. The fourth-order valence-electron chi connectivity index (χ4n) is 2.85. The highest BCUT2D eigenvalue weighted by Crippen LogP contribution is 2.22. The number of ether oxygens (including phenoxy) is 2. The number of Topliss-reactive ketones (excluding diaryl/α,β-unsaturated/α-hetero) is 1. The van der Waals surface area contributed by atoms with Gasteiger partial charge in [0.25, 0.3) is 0 Å². The van der Waals surface area contributed by atoms with Crippen molar-refractivity contribution in [3.63, 3.8) is 0 Å². The Labute approximate surface area is 151 Å². The maximum absolute atomic E-state index is 12.4. The van der Waals surface area contributed by atoms with E-state index < -0.39 is 6.09 Å². The highest BCUT2D eigenvalue weighted by atomic mass is 16.6. The van der Waals surface area contributed by atoms with Crippen molar-refractivity contribution in [3.05, 3.63) is 65.2 Å². The molecule has 1 saturated heterocycles. The number of carbonyl (C=O) groups excluding carboxylic acids is 2. The van der Waals surface area contributed by atoms with Crippen LogP contribution in [0.3, 0.4) is 0 Å². The van der Waals surface area contributed by atoms with Crippen molar-refractivity contribution in [2.45, 2.75) is 12.5 Å². The molecule has 0 aromatic heterocycles. The van der Waals surface area contributed by atoms with Gasteiger partial charge in [0.15, 0.2) is 5.78 Å². The smallest absolute Gasteiger partial charge is 0.414 e. The van der Waals surface area contributed by atoms with E-state index in [9.17, 15) is 9.59 Å². The number of nitrogens with zero attached hydrogens (tertiary/aromatic N) is 2. The molecule has 1 fully saturated rings. The highest BCUT2D eigenvalue weighted by molar-refractivity contribution is 5.98. The lowest BCUT2D eigenvalue weighted by Gasteiger charge is -2.13. The van der Waals surface area contributed by atoms with E-state index in [0.29, 0.717) is 24.3 Å². The van der Waals surface area contributed by atoms with Crippen LogP contribution in [0.2, 0.25) is 0 Å². The van der Waals surface area contributed by atoms with E-state index in [4.69, 9.17) is 14.7 Å². The molecule has 3 rings (SSSR count). The van der Waals surface area contributed by atoms with Gasteiger partial charge in [-0.1, -0.05) is 24.3 Å². The zero-order chi connectivity index (χ0) is 18.5. The van der Waals surface area contributed by atoms with Crippen LogP contribution in [0.5, 0.6) is 0 Å². The quantitative estimate of drug-likeness (QED) is 0.748. The largest absolute Gasteiger partial charge is 0.441 e. The summed E-state index contributed by atoms with van der Waals surface area (Å²) >= 11 is 0. The summed E-state index contributed by atoms with van der Waals surface area (Å²) in [5.74, 6) is -0.0596. The van der Waals surface area contributed by atoms with Gasteiger partial charge in [0.2, 0.25) is 0 Å². The molecular weight excluding hydrogens is 332 g/mol. The number of nitriles is 1. The van der Waals surface area contributed by atoms with Crippen LogP contribution in [-0.4, -0.2) is 38.2 Å². The van der Waals surface area contributed by atoms with Gasteiger partial charge in [0, 0.05) is 24.8 Å². The van der Waals surface area contributed by atoms with Crippen LogP contribution in [0, 0.1) is 11.3 Å². The van der Waals surface area contributed by atoms with Gasteiger partial charge in [0.05, 0.1) is 24.8 Å². The molecule has 1 atom stereocenters. The van der Waals surface area contributed by atoms with E-state index in [1.165, 1.54) is 0 Å². The third kappa shape index (κ3) is 3.90. The van der Waals surface area contributed by atoms with Crippen molar-refractivity contribution in [2.24, 2.45) is 0 Å². The Bertz CT molecular complexity index is 855. The van der Waals surface area contributed by atoms with Crippen molar-refractivity contribution in [1.82, 2.24) is 0 Å². The molecule has 2 aromatic carbocycles. The summed E-state index contributed by atoms with van der Waals surface area (Å²) in [6.07, 6.45) is -0.448. The first kappa shape index (κ1) is 17.6. The molecular formula is C20H18N2O4. The van der Waals surface area contributed by atoms with E-state index in [1.54, 1.807) is 48.4 Å². The number of rotatable bonds is 6. The first-order valence-electron chi connectivity index (χ1n) is 8.20. The second-order valence-electron chi connectivity index (χ2n) is 6.03. The van der Waals surface area contributed by atoms with Crippen molar-refractivity contribution >= 4 is 17.6 Å². The average molecular weight is 350 g/mol. The maximum atomic E-state index is 12.4. The molecule has 0 radical (unpaired) electrons. The molecule has 0 saturated carbocycles. The zero-order valence-electron chi connectivity index (χ0n) is 14.3. The molecule has 6 nitrogen and oxygen atoms in total. The van der Waals surface area contributed by atoms with Gasteiger partial charge in [-0.25, -0.2) is 4.79 Å². The van der Waals surface area contributed by atoms with Crippen LogP contribution in [-0.2, 0) is 15.9 Å². The third-order valence-corrected chi connectivity index (χ3v) is 4.15. The van der Waals surface area contributed by atoms with E-state index in [1.807, 2.05) is 18.2 Å². The molecule has 1 heterocycles. The number of hydrogen-bond acceptors (Lipinski definition) is 5. The Balaban J connectivity index is 1.67. The number of hydrogen-bond donors (Lipinski definition) is 0. The maximum Gasteiger partial charge on any atom is 0.414 e. The Hall–Kier alpha value is -3.17. The van der Waals surface area contributed by atoms with Crippen molar-refractivity contribution in [2.75, 3.05) is 25.2 Å². The van der Waals surface area contributed by atoms with Crippen LogP contribution < -0.4 is 4.90 Å². The number of anilines is 1. The van der Waals surface area contributed by atoms with E-state index >= 15 is 0 Å². The molecule has 0 aliphatic carbocycles. The Morgan fingerprint density at radius 3 is 2.77 bits per heavy atom. The number of ketones is 1. The Morgan fingerprint density at radius 1 is 1.31 bits per heavy atom. The summed E-state index contributed by atoms with van der Waals surface area (Å²) in [5, 5.41) is 8.93. The average Bonchev–Trinajstić information content (AvgIpc) is 3.03. The van der Waals surface area contributed by atoms with E-state index in [-0.39, 0.29) is 18.3 Å². The molecule has 0 spiro atoms. The topological polar surface area (TPSA) is 79.6 Å². The molecule has 1 aliphatic heterocycles. The molecule has 0 bridgehead atoms. The van der Waals surface area contributed by atoms with Gasteiger partial charge in [-0.15, -0.1) is 0 Å². The summed E-state index contributed by atoms with van der Waals surface area (Å²) in [6, 6.07) is 15.9. The summed E-state index contributed by atoms with van der Waals surface area (Å²) < 4.78 is 10.2. The second kappa shape index (κ2) is 7.81. The molecule has 1 amide bonds. The van der Waals surface area contributed by atoms with Crippen molar-refractivity contribution in [1.29, 1.82) is 5.26 Å². The summed E-state index contributed by atoms with van der Waals surface area (Å²) in [7, 11) is 1.56. The molecule has 6 heteroatoms. The SMILES string of the molecule is COCC1CN(c2ccc(CC(=O)c3cccc(C#N)c3)cc2)C(=O)O1. The molecule has 2 aromatic rings. The van der Waals surface area contributed by atoms with Gasteiger partial charge in [0.1, 0.15) is 6.10 Å². The Morgan fingerprint density at radius 2 is 2.08 bits per heavy atom. The number of benzene rings is 2. The standard InChI is InChI=1S/C20H18N2O4/c1-25-13-18-12-22(20(24)26-18)17-7-5-14(6-8-17)10-19(23)16-4-2-3-15(9-16)11-21/h2-9,18H,10,12-13H2,1H3. The van der Waals surface area contributed by atoms with Crippen LogP contribution >= 0.6 is 0 Å². The summed E-state index contributed by atoms with van der Waals surface area (Å²) in [6.45, 7) is 0.794. The molecule has 132 valence electrons. The number of amides is 1. The predicted octanol–water partition coefficient (Wildman–Crippen LogP) is 2.96. The second-order valence-corrected chi connectivity index (χ2v) is 6.03. The van der Waals surface area contributed by atoms with Crippen LogP contribution in [0.15, 0.2) is 48.5 Å². The van der Waals surface area contributed by atoms with Gasteiger partial charge in [-0.05, 0) is 29.8 Å². The van der Waals surface area contributed by atoms with E-state index in [2.05, 4.69) is 0 Å². The molecule has 26 heavy (non-hydrogen) atoms. The van der Waals surface area contributed by atoms with Crippen LogP contribution in [0.4, 0.5) is 10.5 Å². The van der Waals surface area contributed by atoms with Gasteiger partial charge >= 0.3 is 6.09 Å². The highest BCUT2D eigenvalue weighted by Gasteiger charge is 2.32. The minimum absolute atomic E-state index is 0.0596. The molecule has 1 unspecified atom stereocenters. The Kier molecular flexibility index (Phi) is 5.30. The third-order valence-electron chi connectivity index (χ3n) is 4.15. The lowest BCUT2D eigenvalue weighted by atomic mass is 10.0. The van der Waals surface area contributed by atoms with Crippen LogP contribution in [0.1, 0.15) is 21.5 Å². The zero-order valence-corrected chi connectivity index (χ0v) is 14.3. The molecule has 1 aliphatic rings. The van der Waals surface area contributed by atoms with Crippen molar-refractivity contribution in [3.8, 4) is 6.07 Å². The first-order valence-corrected chi connectivity index (χ1v) is 8.20. The summed E-state index contributed by atoms with van der Waals surface area (Å²) in [4.78, 5) is 25.9. The first-order chi connectivity index (χ1) is 12.6. The van der Waals surface area contributed by atoms with Gasteiger partial charge in [-0.3, -0.25) is 9.69 Å².